The van der Waals surface area contributed by atoms with Gasteiger partial charge in [-0.25, -0.2) is 0 Å². The molecule has 2 heterocycles. The van der Waals surface area contributed by atoms with Crippen LogP contribution in [0.5, 0.6) is 0 Å². The number of carbonyl (C=O) groups is 2. The molecule has 1 fully saturated rings. The summed E-state index contributed by atoms with van der Waals surface area (Å²) in [5.41, 5.74) is 2.32. The van der Waals surface area contributed by atoms with Gasteiger partial charge in [-0.1, -0.05) is 30.3 Å². The first-order valence-corrected chi connectivity index (χ1v) is 8.74. The van der Waals surface area contributed by atoms with Crippen LogP contribution in [0, 0.1) is 11.3 Å². The van der Waals surface area contributed by atoms with Crippen LogP contribution >= 0.6 is 0 Å². The number of para-hydroxylation sites is 1. The summed E-state index contributed by atoms with van der Waals surface area (Å²) in [4.78, 5) is 29.3. The van der Waals surface area contributed by atoms with Crippen molar-refractivity contribution in [3.8, 4) is 6.07 Å². The number of amides is 2. The van der Waals surface area contributed by atoms with Crippen LogP contribution < -0.4 is 4.90 Å². The molecule has 0 N–H and O–H groups in total. The molecule has 1 spiro atoms. The smallest absolute Gasteiger partial charge is 0.255 e. The van der Waals surface area contributed by atoms with Crippen molar-refractivity contribution in [3.05, 3.63) is 65.2 Å². The van der Waals surface area contributed by atoms with Gasteiger partial charge in [-0.2, -0.15) is 5.26 Å². The van der Waals surface area contributed by atoms with Crippen molar-refractivity contribution in [3.63, 3.8) is 0 Å². The average Bonchev–Trinajstić information content (AvgIpc) is 2.90. The van der Waals surface area contributed by atoms with Crippen LogP contribution in [0.2, 0.25) is 0 Å². The van der Waals surface area contributed by atoms with Gasteiger partial charge in [0.2, 0.25) is 5.91 Å². The van der Waals surface area contributed by atoms with Gasteiger partial charge in [0.25, 0.3) is 5.91 Å². The lowest BCUT2D eigenvalue weighted by molar-refractivity contribution is -0.124. The highest BCUT2D eigenvalue weighted by Gasteiger charge is 2.51. The number of carbonyl (C=O) groups excluding carboxylic acids is 2. The second-order valence-electron chi connectivity index (χ2n) is 6.91. The fraction of sp³-hybridized carbons (Fsp3) is 0.286. The molecule has 2 amide bonds. The van der Waals surface area contributed by atoms with E-state index in [1.165, 1.54) is 0 Å². The molecule has 2 aromatic carbocycles. The number of benzene rings is 2. The number of anilines is 1. The Hall–Kier alpha value is -3.13. The normalized spacial score (nSPS) is 17.9. The maximum Gasteiger partial charge on any atom is 0.255 e. The minimum absolute atomic E-state index is 0.114. The number of fused-ring (bicyclic) bond motifs is 2. The Morgan fingerprint density at radius 3 is 2.46 bits per heavy atom. The molecule has 2 aromatic rings. The van der Waals surface area contributed by atoms with E-state index in [9.17, 15) is 14.9 Å². The van der Waals surface area contributed by atoms with Crippen LogP contribution in [0.25, 0.3) is 0 Å². The molecule has 130 valence electrons. The highest BCUT2D eigenvalue weighted by Crippen LogP contribution is 2.47. The number of hydrogen-bond acceptors (Lipinski definition) is 3. The Labute approximate surface area is 152 Å². The Morgan fingerprint density at radius 1 is 1.08 bits per heavy atom. The summed E-state index contributed by atoms with van der Waals surface area (Å²) in [7, 11) is 1.82. The molecule has 0 radical (unpaired) electrons. The third kappa shape index (κ3) is 2.22. The first-order chi connectivity index (χ1) is 12.6. The van der Waals surface area contributed by atoms with Gasteiger partial charge in [0.05, 0.1) is 22.6 Å². The van der Waals surface area contributed by atoms with Gasteiger partial charge in [0.15, 0.2) is 0 Å². The molecule has 0 bridgehead atoms. The molecule has 0 unspecified atom stereocenters. The highest BCUT2D eigenvalue weighted by atomic mass is 16.2. The molecule has 5 heteroatoms. The number of piperidine rings is 1. The zero-order valence-corrected chi connectivity index (χ0v) is 14.6. The molecule has 5 nitrogen and oxygen atoms in total. The van der Waals surface area contributed by atoms with Crippen molar-refractivity contribution in [1.82, 2.24) is 4.90 Å². The third-order valence-corrected chi connectivity index (χ3v) is 5.68. The number of likely N-dealkylation sites (N-methyl/N-ethyl adjacent to an activating group) is 1. The Morgan fingerprint density at radius 2 is 1.73 bits per heavy atom. The van der Waals surface area contributed by atoms with Crippen molar-refractivity contribution in [1.29, 1.82) is 5.26 Å². The lowest BCUT2D eigenvalue weighted by atomic mass is 9.73. The Bertz CT molecular complexity index is 936. The van der Waals surface area contributed by atoms with E-state index in [0.29, 0.717) is 37.1 Å². The summed E-state index contributed by atoms with van der Waals surface area (Å²) in [6.45, 7) is 1.01. The van der Waals surface area contributed by atoms with E-state index in [4.69, 9.17) is 0 Å². The molecule has 0 saturated carbocycles. The van der Waals surface area contributed by atoms with Crippen molar-refractivity contribution in [2.75, 3.05) is 25.0 Å². The molecular weight excluding hydrogens is 326 g/mol. The number of hydrogen-bond donors (Lipinski definition) is 0. The van der Waals surface area contributed by atoms with E-state index in [0.717, 1.165) is 11.3 Å². The van der Waals surface area contributed by atoms with E-state index in [1.54, 1.807) is 34.1 Å². The second kappa shape index (κ2) is 5.99. The summed E-state index contributed by atoms with van der Waals surface area (Å²) in [5.74, 6) is -0.0210. The van der Waals surface area contributed by atoms with Gasteiger partial charge in [-0.05, 0) is 36.6 Å². The Kier molecular flexibility index (Phi) is 3.77. The maximum absolute atomic E-state index is 13.0. The van der Waals surface area contributed by atoms with Gasteiger partial charge in [-0.15, -0.1) is 0 Å². The summed E-state index contributed by atoms with van der Waals surface area (Å²) in [6.07, 6.45) is 1.21. The quantitative estimate of drug-likeness (QED) is 0.798. The topological polar surface area (TPSA) is 64.4 Å². The average molecular weight is 345 g/mol. The van der Waals surface area contributed by atoms with Crippen molar-refractivity contribution < 1.29 is 9.59 Å². The number of rotatable bonds is 1. The van der Waals surface area contributed by atoms with E-state index < -0.39 is 5.41 Å². The van der Waals surface area contributed by atoms with Crippen LogP contribution in [0.4, 0.5) is 5.69 Å². The minimum Gasteiger partial charge on any atom is -0.339 e. The lowest BCUT2D eigenvalue weighted by Crippen LogP contribution is -2.49. The van der Waals surface area contributed by atoms with E-state index >= 15 is 0 Å². The molecule has 0 aromatic heterocycles. The van der Waals surface area contributed by atoms with Crippen molar-refractivity contribution >= 4 is 17.5 Å². The molecule has 2 aliphatic heterocycles. The van der Waals surface area contributed by atoms with Crippen molar-refractivity contribution in [2.45, 2.75) is 18.3 Å². The van der Waals surface area contributed by atoms with Gasteiger partial charge in [0.1, 0.15) is 0 Å². The summed E-state index contributed by atoms with van der Waals surface area (Å²) < 4.78 is 0. The summed E-state index contributed by atoms with van der Waals surface area (Å²) >= 11 is 0. The zero-order valence-electron chi connectivity index (χ0n) is 14.6. The molecule has 4 rings (SSSR count). The molecule has 2 aliphatic rings. The largest absolute Gasteiger partial charge is 0.339 e. The van der Waals surface area contributed by atoms with Gasteiger partial charge in [0, 0.05) is 25.8 Å². The van der Waals surface area contributed by atoms with E-state index in [1.807, 2.05) is 31.3 Å². The highest BCUT2D eigenvalue weighted by molar-refractivity contribution is 6.08. The zero-order chi connectivity index (χ0) is 18.3. The van der Waals surface area contributed by atoms with Crippen LogP contribution in [0.3, 0.4) is 0 Å². The molecular formula is C21H19N3O2. The first-order valence-electron chi connectivity index (χ1n) is 8.74. The molecule has 0 atom stereocenters. The van der Waals surface area contributed by atoms with Crippen LogP contribution in [-0.2, 0) is 10.2 Å². The number of nitrogens with zero attached hydrogens (tertiary/aromatic N) is 3. The van der Waals surface area contributed by atoms with Crippen LogP contribution in [-0.4, -0.2) is 36.9 Å². The maximum atomic E-state index is 13.0. The summed E-state index contributed by atoms with van der Waals surface area (Å²) in [5, 5.41) is 9.24. The fourth-order valence-electron chi connectivity index (χ4n) is 4.23. The lowest BCUT2D eigenvalue weighted by Gasteiger charge is -2.38. The number of likely N-dealkylation sites (tertiary alicyclic amines) is 1. The SMILES string of the molecule is CN1C(=O)C2(CCN(C(=O)c3ccccc3C#N)CC2)c2ccccc21. The molecule has 0 aliphatic carbocycles. The number of nitriles is 1. The third-order valence-electron chi connectivity index (χ3n) is 5.68. The van der Waals surface area contributed by atoms with Crippen molar-refractivity contribution in [2.24, 2.45) is 0 Å². The minimum atomic E-state index is -0.531. The predicted octanol–water partition coefficient (Wildman–Crippen LogP) is 2.71. The standard InChI is InChI=1S/C21H19N3O2/c1-23-18-9-5-4-8-17(18)21(20(23)26)10-12-24(13-11-21)19(25)16-7-3-2-6-15(16)14-22/h2-9H,10-13H2,1H3. The van der Waals surface area contributed by atoms with Gasteiger partial charge < -0.3 is 9.80 Å². The Balaban J connectivity index is 1.59. The van der Waals surface area contributed by atoms with E-state index in [-0.39, 0.29) is 11.8 Å². The van der Waals surface area contributed by atoms with Crippen LogP contribution in [0.1, 0.15) is 34.3 Å². The summed E-state index contributed by atoms with van der Waals surface area (Å²) in [6, 6.07) is 16.9. The van der Waals surface area contributed by atoms with Gasteiger partial charge >= 0.3 is 0 Å². The fourth-order valence-corrected chi connectivity index (χ4v) is 4.23. The predicted molar refractivity (Wildman–Crippen MR) is 97.8 cm³/mol. The first kappa shape index (κ1) is 16.3. The van der Waals surface area contributed by atoms with Gasteiger partial charge in [-0.3, -0.25) is 9.59 Å². The molecule has 1 saturated heterocycles. The van der Waals surface area contributed by atoms with E-state index in [2.05, 4.69) is 6.07 Å². The molecule has 26 heavy (non-hydrogen) atoms. The second-order valence-corrected chi connectivity index (χ2v) is 6.91. The monoisotopic (exact) mass is 345 g/mol. The van der Waals surface area contributed by atoms with Crippen LogP contribution in [0.15, 0.2) is 48.5 Å².